The van der Waals surface area contributed by atoms with Crippen molar-refractivity contribution < 1.29 is 19.3 Å². The molecule has 0 spiro atoms. The monoisotopic (exact) mass is 221 g/mol. The van der Waals surface area contributed by atoms with E-state index in [2.05, 4.69) is 0 Å². The second-order valence-electron chi connectivity index (χ2n) is 3.33. The van der Waals surface area contributed by atoms with E-state index in [0.29, 0.717) is 22.8 Å². The third-order valence-electron chi connectivity index (χ3n) is 2.37. The summed E-state index contributed by atoms with van der Waals surface area (Å²) in [7, 11) is 1.50. The molecule has 5 heteroatoms. The second-order valence-corrected chi connectivity index (χ2v) is 3.33. The van der Waals surface area contributed by atoms with Crippen molar-refractivity contribution in [1.82, 2.24) is 0 Å². The van der Waals surface area contributed by atoms with Gasteiger partial charge in [-0.2, -0.15) is 5.26 Å². The van der Waals surface area contributed by atoms with Crippen molar-refractivity contribution in [2.24, 2.45) is 0 Å². The predicted molar refractivity (Wildman–Crippen MR) is 54.3 cm³/mol. The van der Waals surface area contributed by atoms with E-state index in [9.17, 15) is 5.11 Å². The van der Waals surface area contributed by atoms with Gasteiger partial charge in [-0.3, -0.25) is 0 Å². The summed E-state index contributed by atoms with van der Waals surface area (Å²) in [5.41, 5.74) is 0.535. The normalized spacial score (nSPS) is 14.3. The van der Waals surface area contributed by atoms with Crippen LogP contribution in [0.1, 0.15) is 18.1 Å². The van der Waals surface area contributed by atoms with E-state index in [1.165, 1.54) is 7.11 Å². The van der Waals surface area contributed by atoms with Crippen LogP contribution in [0.25, 0.3) is 0 Å². The molecule has 1 N–H and O–H groups in total. The minimum Gasteiger partial charge on any atom is -0.496 e. The van der Waals surface area contributed by atoms with Gasteiger partial charge >= 0.3 is 0 Å². The molecule has 0 amide bonds. The van der Waals surface area contributed by atoms with Crippen molar-refractivity contribution in [3.8, 4) is 23.3 Å². The molecule has 5 nitrogen and oxygen atoms in total. The van der Waals surface area contributed by atoms with Gasteiger partial charge in [0.25, 0.3) is 0 Å². The quantitative estimate of drug-likeness (QED) is 0.834. The first-order chi connectivity index (χ1) is 7.76. The molecule has 0 radical (unpaired) electrons. The number of aliphatic hydroxyl groups is 1. The van der Waals surface area contributed by atoms with E-state index in [0.717, 1.165) is 0 Å². The molecule has 1 heterocycles. The molecule has 1 unspecified atom stereocenters. The Labute approximate surface area is 92.8 Å². The zero-order valence-electron chi connectivity index (χ0n) is 8.77. The number of ether oxygens (including phenoxy) is 3. The van der Waals surface area contributed by atoms with Crippen LogP contribution in [0.5, 0.6) is 17.2 Å². The molecule has 1 aromatic rings. The van der Waals surface area contributed by atoms with Crippen LogP contribution >= 0.6 is 0 Å². The SMILES string of the molecule is COc1cc2c(cc1C(O)CC#N)OCO2. The van der Waals surface area contributed by atoms with Gasteiger partial charge in [0.15, 0.2) is 11.5 Å². The maximum Gasteiger partial charge on any atom is 0.231 e. The van der Waals surface area contributed by atoms with Crippen LogP contribution in [0.2, 0.25) is 0 Å². The first-order valence-electron chi connectivity index (χ1n) is 4.78. The molecule has 0 fully saturated rings. The van der Waals surface area contributed by atoms with Gasteiger partial charge in [0.05, 0.1) is 25.7 Å². The predicted octanol–water partition coefficient (Wildman–Crippen LogP) is 1.37. The first kappa shape index (κ1) is 10.6. The van der Waals surface area contributed by atoms with Gasteiger partial charge in [-0.05, 0) is 6.07 Å². The highest BCUT2D eigenvalue weighted by Gasteiger charge is 2.21. The zero-order chi connectivity index (χ0) is 11.5. The molecule has 16 heavy (non-hydrogen) atoms. The lowest BCUT2D eigenvalue weighted by molar-refractivity contribution is 0.172. The fourth-order valence-corrected chi connectivity index (χ4v) is 1.57. The molecule has 0 aliphatic carbocycles. The maximum atomic E-state index is 9.76. The largest absolute Gasteiger partial charge is 0.496 e. The van der Waals surface area contributed by atoms with Crippen LogP contribution in [0.15, 0.2) is 12.1 Å². The number of benzene rings is 1. The van der Waals surface area contributed by atoms with E-state index in [1.807, 2.05) is 6.07 Å². The highest BCUT2D eigenvalue weighted by molar-refractivity contribution is 5.52. The van der Waals surface area contributed by atoms with Gasteiger partial charge < -0.3 is 19.3 Å². The van der Waals surface area contributed by atoms with Gasteiger partial charge in [0.2, 0.25) is 6.79 Å². The summed E-state index contributed by atoms with van der Waals surface area (Å²) in [5.74, 6) is 1.64. The molecule has 1 aliphatic heterocycles. The number of nitriles is 1. The average Bonchev–Trinajstić information content (AvgIpc) is 2.74. The van der Waals surface area contributed by atoms with Crippen LogP contribution in [-0.2, 0) is 0 Å². The smallest absolute Gasteiger partial charge is 0.231 e. The van der Waals surface area contributed by atoms with Gasteiger partial charge in [0, 0.05) is 11.6 Å². The van der Waals surface area contributed by atoms with Crippen molar-refractivity contribution in [3.63, 3.8) is 0 Å². The Morgan fingerprint density at radius 3 is 2.81 bits per heavy atom. The Morgan fingerprint density at radius 2 is 2.19 bits per heavy atom. The lowest BCUT2D eigenvalue weighted by Crippen LogP contribution is -1.99. The lowest BCUT2D eigenvalue weighted by atomic mass is 10.1. The molecule has 0 saturated carbocycles. The van der Waals surface area contributed by atoms with E-state index in [1.54, 1.807) is 12.1 Å². The minimum atomic E-state index is -0.880. The molecule has 0 aromatic heterocycles. The minimum absolute atomic E-state index is 0.00992. The average molecular weight is 221 g/mol. The van der Waals surface area contributed by atoms with Gasteiger partial charge in [-0.25, -0.2) is 0 Å². The van der Waals surface area contributed by atoms with Crippen molar-refractivity contribution in [2.75, 3.05) is 13.9 Å². The van der Waals surface area contributed by atoms with Gasteiger partial charge in [-0.1, -0.05) is 0 Å². The molecule has 1 aliphatic rings. The van der Waals surface area contributed by atoms with Crippen LogP contribution in [-0.4, -0.2) is 19.0 Å². The van der Waals surface area contributed by atoms with Crippen LogP contribution < -0.4 is 14.2 Å². The Hall–Kier alpha value is -1.93. The van der Waals surface area contributed by atoms with Gasteiger partial charge in [0.1, 0.15) is 5.75 Å². The van der Waals surface area contributed by atoms with E-state index in [4.69, 9.17) is 19.5 Å². The number of aliphatic hydroxyl groups excluding tert-OH is 1. The fourth-order valence-electron chi connectivity index (χ4n) is 1.57. The molecule has 2 rings (SSSR count). The molecule has 1 aromatic carbocycles. The topological polar surface area (TPSA) is 71.7 Å². The molecule has 0 saturated heterocycles. The molecule has 84 valence electrons. The van der Waals surface area contributed by atoms with Crippen molar-refractivity contribution >= 4 is 0 Å². The number of methoxy groups -OCH3 is 1. The standard InChI is InChI=1S/C11H11NO4/c1-14-9-5-11-10(15-6-16-11)4-7(9)8(13)2-3-12/h4-5,8,13H,2,6H2,1H3. The number of hydrogen-bond donors (Lipinski definition) is 1. The Kier molecular flexibility index (Phi) is 2.84. The zero-order valence-corrected chi connectivity index (χ0v) is 8.77. The Bertz CT molecular complexity index is 438. The Balaban J connectivity index is 2.40. The van der Waals surface area contributed by atoms with Crippen molar-refractivity contribution in [1.29, 1.82) is 5.26 Å². The van der Waals surface area contributed by atoms with Crippen LogP contribution in [0.3, 0.4) is 0 Å². The van der Waals surface area contributed by atoms with Crippen molar-refractivity contribution in [3.05, 3.63) is 17.7 Å². The molecule has 0 bridgehead atoms. The number of hydrogen-bond acceptors (Lipinski definition) is 5. The third-order valence-corrected chi connectivity index (χ3v) is 2.37. The third kappa shape index (κ3) is 1.75. The van der Waals surface area contributed by atoms with Crippen molar-refractivity contribution in [2.45, 2.75) is 12.5 Å². The van der Waals surface area contributed by atoms with E-state index < -0.39 is 6.10 Å². The van der Waals surface area contributed by atoms with Crippen LogP contribution in [0, 0.1) is 11.3 Å². The summed E-state index contributed by atoms with van der Waals surface area (Å²) in [5, 5.41) is 18.3. The maximum absolute atomic E-state index is 9.76. The van der Waals surface area contributed by atoms with Gasteiger partial charge in [-0.15, -0.1) is 0 Å². The van der Waals surface area contributed by atoms with E-state index in [-0.39, 0.29) is 13.2 Å². The molecule has 1 atom stereocenters. The first-order valence-corrected chi connectivity index (χ1v) is 4.78. The van der Waals surface area contributed by atoms with Crippen LogP contribution in [0.4, 0.5) is 0 Å². The fraction of sp³-hybridized carbons (Fsp3) is 0.364. The number of rotatable bonds is 3. The summed E-state index contributed by atoms with van der Waals surface area (Å²) in [6, 6.07) is 5.20. The molecular weight excluding hydrogens is 210 g/mol. The lowest BCUT2D eigenvalue weighted by Gasteiger charge is -2.12. The second kappa shape index (κ2) is 4.29. The van der Waals surface area contributed by atoms with E-state index >= 15 is 0 Å². The summed E-state index contributed by atoms with van der Waals surface area (Å²) in [4.78, 5) is 0. The summed E-state index contributed by atoms with van der Waals surface area (Å²) < 4.78 is 15.5. The highest BCUT2D eigenvalue weighted by atomic mass is 16.7. The summed E-state index contributed by atoms with van der Waals surface area (Å²) in [6.45, 7) is 0.163. The number of nitrogens with zero attached hydrogens (tertiary/aromatic N) is 1. The molecular formula is C11H11NO4. The number of fused-ring (bicyclic) bond motifs is 1. The highest BCUT2D eigenvalue weighted by Crippen LogP contribution is 2.40. The Morgan fingerprint density at radius 1 is 1.50 bits per heavy atom. The summed E-state index contributed by atoms with van der Waals surface area (Å²) >= 11 is 0. The summed E-state index contributed by atoms with van der Waals surface area (Å²) in [6.07, 6.45) is -0.870.